The number of nitrogens with zero attached hydrogens (tertiary/aromatic N) is 4. The van der Waals surface area contributed by atoms with Crippen LogP contribution >= 0.6 is 0 Å². The Morgan fingerprint density at radius 3 is 2.61 bits per heavy atom. The van der Waals surface area contributed by atoms with Crippen LogP contribution in [0.1, 0.15) is 36.5 Å². The molecule has 33 heavy (non-hydrogen) atoms. The largest absolute Gasteiger partial charge is 0.504 e. The van der Waals surface area contributed by atoms with Gasteiger partial charge in [-0.2, -0.15) is 5.10 Å². The molecule has 0 bridgehead atoms. The number of rotatable bonds is 6. The zero-order chi connectivity index (χ0) is 23.9. The van der Waals surface area contributed by atoms with E-state index in [-0.39, 0.29) is 17.1 Å². The van der Waals surface area contributed by atoms with Gasteiger partial charge in [-0.3, -0.25) is 4.79 Å². The fourth-order valence-corrected chi connectivity index (χ4v) is 3.28. The molecule has 11 heteroatoms. The Balaban J connectivity index is 1.79. The number of nitrogens with one attached hydrogen (secondary N) is 1. The number of carbonyl (C=O) groups is 1. The number of aromatic hydroxyl groups is 2. The molecule has 0 saturated heterocycles. The van der Waals surface area contributed by atoms with Crippen molar-refractivity contribution < 1.29 is 28.9 Å². The lowest BCUT2D eigenvalue weighted by atomic mass is 10.1. The number of hydrogen-bond acceptors (Lipinski definition) is 8. The molecule has 1 aromatic carbocycles. The number of phenolic OH excluding ortho intramolecular Hbond substituents is 2. The van der Waals surface area contributed by atoms with Crippen molar-refractivity contribution in [2.45, 2.75) is 39.3 Å². The van der Waals surface area contributed by atoms with E-state index in [1.807, 2.05) is 0 Å². The third-order valence-corrected chi connectivity index (χ3v) is 5.08. The van der Waals surface area contributed by atoms with E-state index in [1.54, 1.807) is 31.5 Å². The lowest BCUT2D eigenvalue weighted by molar-refractivity contribution is 0.0654. The minimum absolute atomic E-state index is 0.0313. The van der Waals surface area contributed by atoms with Gasteiger partial charge in [-0.1, -0.05) is 0 Å². The van der Waals surface area contributed by atoms with Gasteiger partial charge in [0.1, 0.15) is 0 Å². The van der Waals surface area contributed by atoms with Crippen molar-refractivity contribution in [3.63, 3.8) is 0 Å². The van der Waals surface area contributed by atoms with Gasteiger partial charge in [-0.15, -0.1) is 0 Å². The van der Waals surface area contributed by atoms with Crippen molar-refractivity contribution in [2.24, 2.45) is 0 Å². The van der Waals surface area contributed by atoms with Crippen LogP contribution in [-0.2, 0) is 6.54 Å². The van der Waals surface area contributed by atoms with E-state index < -0.39 is 28.8 Å². The normalized spacial score (nSPS) is 11.8. The maximum Gasteiger partial charge on any atom is 0.294 e. The fraction of sp³-hybridized carbons (Fsp3) is 0.273. The zero-order valence-corrected chi connectivity index (χ0v) is 18.1. The summed E-state index contributed by atoms with van der Waals surface area (Å²) in [5.41, 5.74) is 0.581. The monoisotopic (exact) mass is 455 g/mol. The Morgan fingerprint density at radius 2 is 1.97 bits per heavy atom. The molecule has 172 valence electrons. The van der Waals surface area contributed by atoms with E-state index in [2.05, 4.69) is 20.4 Å². The van der Waals surface area contributed by atoms with Crippen LogP contribution in [0.3, 0.4) is 0 Å². The lowest BCUT2D eigenvalue weighted by Crippen LogP contribution is -2.21. The number of aryl methyl sites for hydroxylation is 2. The molecule has 0 spiro atoms. The van der Waals surface area contributed by atoms with Crippen LogP contribution in [0.25, 0.3) is 22.2 Å². The van der Waals surface area contributed by atoms with Gasteiger partial charge in [0.25, 0.3) is 5.91 Å². The third kappa shape index (κ3) is 4.48. The predicted molar refractivity (Wildman–Crippen MR) is 116 cm³/mol. The molecule has 0 saturated carbocycles. The number of pyridine rings is 1. The lowest BCUT2D eigenvalue weighted by Gasteiger charge is -2.16. The van der Waals surface area contributed by atoms with Crippen molar-refractivity contribution in [1.82, 2.24) is 19.7 Å². The highest BCUT2D eigenvalue weighted by Crippen LogP contribution is 2.35. The van der Waals surface area contributed by atoms with Crippen molar-refractivity contribution in [3.8, 4) is 22.6 Å². The standard InChI is InChI=1S/C22H22FN5O5/c1-11-18(33-10-25-11)21(31)26-19-14-6-13(12-7-15(23)17(30)16(29)8-12)9-24-20(14)28(27-19)5-4-22(2,3)32/h6-10,29-30,32H,4-5H2,1-3H3,(H,26,27,31). The molecule has 0 aliphatic rings. The first-order valence-electron chi connectivity index (χ1n) is 10.1. The van der Waals surface area contributed by atoms with Crippen molar-refractivity contribution in [2.75, 3.05) is 5.32 Å². The van der Waals surface area contributed by atoms with Crippen LogP contribution in [0.2, 0.25) is 0 Å². The fourth-order valence-electron chi connectivity index (χ4n) is 3.28. The molecular weight excluding hydrogens is 433 g/mol. The van der Waals surface area contributed by atoms with E-state index in [9.17, 15) is 24.5 Å². The highest BCUT2D eigenvalue weighted by molar-refractivity contribution is 6.07. The number of benzene rings is 1. The summed E-state index contributed by atoms with van der Waals surface area (Å²) in [7, 11) is 0. The molecule has 4 aromatic rings. The van der Waals surface area contributed by atoms with Gasteiger partial charge in [0.15, 0.2) is 35.2 Å². The number of anilines is 1. The second kappa shape index (κ2) is 8.17. The summed E-state index contributed by atoms with van der Waals surface area (Å²) in [6, 6.07) is 3.90. The van der Waals surface area contributed by atoms with Crippen LogP contribution in [0.15, 0.2) is 35.2 Å². The predicted octanol–water partition coefficient (Wildman–Crippen LogP) is 3.36. The summed E-state index contributed by atoms with van der Waals surface area (Å²) in [6.07, 6.45) is 3.00. The molecule has 0 fully saturated rings. The minimum atomic E-state index is -0.986. The molecule has 0 aliphatic heterocycles. The van der Waals surface area contributed by atoms with Crippen molar-refractivity contribution in [3.05, 3.63) is 48.1 Å². The Bertz CT molecular complexity index is 1330. The van der Waals surface area contributed by atoms with Gasteiger partial charge in [0.05, 0.1) is 16.7 Å². The second-order valence-corrected chi connectivity index (χ2v) is 8.28. The van der Waals surface area contributed by atoms with E-state index in [1.165, 1.54) is 12.3 Å². The number of phenols is 2. The van der Waals surface area contributed by atoms with Gasteiger partial charge >= 0.3 is 0 Å². The Hall–Kier alpha value is -3.99. The highest BCUT2D eigenvalue weighted by Gasteiger charge is 2.21. The molecule has 0 aliphatic carbocycles. The maximum atomic E-state index is 14.0. The highest BCUT2D eigenvalue weighted by atomic mass is 19.1. The van der Waals surface area contributed by atoms with Gasteiger partial charge in [-0.25, -0.2) is 19.0 Å². The number of oxazole rings is 1. The molecule has 4 N–H and O–H groups in total. The Labute approximate surface area is 187 Å². The summed E-state index contributed by atoms with van der Waals surface area (Å²) >= 11 is 0. The van der Waals surface area contributed by atoms with Crippen LogP contribution < -0.4 is 5.32 Å². The van der Waals surface area contributed by atoms with E-state index in [0.29, 0.717) is 35.3 Å². The number of amides is 1. The molecule has 3 aromatic heterocycles. The van der Waals surface area contributed by atoms with E-state index in [0.717, 1.165) is 12.5 Å². The summed E-state index contributed by atoms with van der Waals surface area (Å²) < 4.78 is 20.6. The average molecular weight is 455 g/mol. The quantitative estimate of drug-likeness (QED) is 0.324. The number of aromatic nitrogens is 4. The smallest absolute Gasteiger partial charge is 0.294 e. The van der Waals surface area contributed by atoms with Gasteiger partial charge in [0.2, 0.25) is 5.76 Å². The maximum absolute atomic E-state index is 14.0. The number of carbonyl (C=O) groups excluding carboxylic acids is 1. The van der Waals surface area contributed by atoms with E-state index >= 15 is 0 Å². The van der Waals surface area contributed by atoms with E-state index in [4.69, 9.17) is 4.42 Å². The second-order valence-electron chi connectivity index (χ2n) is 8.28. The summed E-state index contributed by atoms with van der Waals surface area (Å²) in [5, 5.41) is 37.0. The summed E-state index contributed by atoms with van der Waals surface area (Å²) in [5.74, 6) is -2.79. The van der Waals surface area contributed by atoms with Crippen LogP contribution in [-0.4, -0.2) is 46.6 Å². The van der Waals surface area contributed by atoms with Gasteiger partial charge in [-0.05, 0) is 51.0 Å². The molecule has 3 heterocycles. The average Bonchev–Trinajstić information content (AvgIpc) is 3.32. The summed E-state index contributed by atoms with van der Waals surface area (Å²) in [4.78, 5) is 21.0. The first-order valence-corrected chi connectivity index (χ1v) is 10.1. The van der Waals surface area contributed by atoms with Crippen LogP contribution in [0.4, 0.5) is 10.2 Å². The molecule has 10 nitrogen and oxygen atoms in total. The minimum Gasteiger partial charge on any atom is -0.504 e. The molecule has 0 unspecified atom stereocenters. The molecular formula is C22H22FN5O5. The number of hydrogen-bond donors (Lipinski definition) is 4. The summed E-state index contributed by atoms with van der Waals surface area (Å²) in [6.45, 7) is 5.29. The SMILES string of the molecule is Cc1ncoc1C(=O)Nc1nn(CCC(C)(C)O)c2ncc(-c3cc(O)c(O)c(F)c3)cc12. The topological polar surface area (TPSA) is 147 Å². The molecule has 0 radical (unpaired) electrons. The molecule has 1 amide bonds. The van der Waals surface area contributed by atoms with Gasteiger partial charge in [0, 0.05) is 18.3 Å². The number of fused-ring (bicyclic) bond motifs is 1. The number of halogens is 1. The third-order valence-electron chi connectivity index (χ3n) is 5.08. The Kier molecular flexibility index (Phi) is 5.50. The van der Waals surface area contributed by atoms with Crippen LogP contribution in [0, 0.1) is 12.7 Å². The van der Waals surface area contributed by atoms with Crippen molar-refractivity contribution in [1.29, 1.82) is 0 Å². The first kappa shape index (κ1) is 22.2. The van der Waals surface area contributed by atoms with Crippen molar-refractivity contribution >= 4 is 22.8 Å². The molecule has 4 rings (SSSR count). The first-order chi connectivity index (χ1) is 15.5. The molecule has 0 atom stereocenters. The van der Waals surface area contributed by atoms with Gasteiger partial charge < -0.3 is 25.1 Å². The zero-order valence-electron chi connectivity index (χ0n) is 18.1. The number of aliphatic hydroxyl groups is 1. The van der Waals surface area contributed by atoms with Crippen LogP contribution in [0.5, 0.6) is 11.5 Å². The Morgan fingerprint density at radius 1 is 1.21 bits per heavy atom.